The predicted octanol–water partition coefficient (Wildman–Crippen LogP) is 0.00640. The van der Waals surface area contributed by atoms with Crippen molar-refractivity contribution >= 4 is 11.6 Å². The van der Waals surface area contributed by atoms with E-state index < -0.39 is 17.2 Å². The lowest BCUT2D eigenvalue weighted by atomic mass is 10.1. The average molecular weight is 288 g/mol. The van der Waals surface area contributed by atoms with Crippen LogP contribution in [-0.2, 0) is 6.42 Å². The number of nitrogens with one attached hydrogen (secondary N) is 3. The topological polar surface area (TPSA) is 121 Å². The van der Waals surface area contributed by atoms with Crippen LogP contribution in [0.5, 0.6) is 0 Å². The number of aromatic nitrogens is 2. The molecule has 7 nitrogen and oxygen atoms in total. The minimum absolute atomic E-state index is 0.0621. The summed E-state index contributed by atoms with van der Waals surface area (Å²) in [7, 11) is 0. The van der Waals surface area contributed by atoms with Crippen LogP contribution < -0.4 is 22.3 Å². The highest BCUT2D eigenvalue weighted by Crippen LogP contribution is 2.08. The summed E-state index contributed by atoms with van der Waals surface area (Å²) in [5.74, 6) is -0.499. The lowest BCUT2D eigenvalue weighted by molar-refractivity contribution is 0.0934. The molecule has 0 saturated carbocycles. The highest BCUT2D eigenvalue weighted by Gasteiger charge is 2.12. The second-order valence-electron chi connectivity index (χ2n) is 4.82. The average Bonchev–Trinajstić information content (AvgIpc) is 2.40. The smallest absolute Gasteiger partial charge is 0.326 e. The van der Waals surface area contributed by atoms with E-state index in [1.165, 1.54) is 0 Å². The number of anilines is 1. The van der Waals surface area contributed by atoms with E-state index in [4.69, 9.17) is 5.73 Å². The largest absolute Gasteiger partial charge is 0.399 e. The summed E-state index contributed by atoms with van der Waals surface area (Å²) in [6.07, 6.45) is 0.611. The maximum absolute atomic E-state index is 11.9. The molecule has 21 heavy (non-hydrogen) atoms. The number of rotatable bonds is 4. The minimum Gasteiger partial charge on any atom is -0.399 e. The third-order valence-electron chi connectivity index (χ3n) is 2.90. The third-order valence-corrected chi connectivity index (χ3v) is 2.90. The maximum Gasteiger partial charge on any atom is 0.326 e. The van der Waals surface area contributed by atoms with Crippen molar-refractivity contribution in [2.75, 3.05) is 5.73 Å². The van der Waals surface area contributed by atoms with E-state index in [0.717, 1.165) is 11.6 Å². The zero-order valence-electron chi connectivity index (χ0n) is 11.5. The summed E-state index contributed by atoms with van der Waals surface area (Å²) >= 11 is 0. The molecule has 1 heterocycles. The van der Waals surface area contributed by atoms with E-state index in [1.807, 2.05) is 24.0 Å². The van der Waals surface area contributed by atoms with Gasteiger partial charge in [0.1, 0.15) is 5.69 Å². The summed E-state index contributed by atoms with van der Waals surface area (Å²) in [6.45, 7) is 1.83. The highest BCUT2D eigenvalue weighted by atomic mass is 16.2. The quantitative estimate of drug-likeness (QED) is 0.592. The molecule has 110 valence electrons. The van der Waals surface area contributed by atoms with Gasteiger partial charge in [0.05, 0.1) is 0 Å². The molecule has 5 N–H and O–H groups in total. The van der Waals surface area contributed by atoms with Crippen LogP contribution in [0.15, 0.2) is 39.9 Å². The fraction of sp³-hybridized carbons (Fsp3) is 0.214. The number of hydrogen-bond donors (Lipinski definition) is 4. The molecule has 0 saturated heterocycles. The Hall–Kier alpha value is -2.83. The van der Waals surface area contributed by atoms with Crippen LogP contribution in [0, 0.1) is 0 Å². The summed E-state index contributed by atoms with van der Waals surface area (Å²) in [5.41, 5.74) is 5.92. The Morgan fingerprint density at radius 3 is 2.52 bits per heavy atom. The summed E-state index contributed by atoms with van der Waals surface area (Å²) in [6, 6.07) is 8.23. The third kappa shape index (κ3) is 4.07. The van der Waals surface area contributed by atoms with Crippen LogP contribution in [0.4, 0.5) is 5.69 Å². The van der Waals surface area contributed by atoms with E-state index in [9.17, 15) is 14.4 Å². The second-order valence-corrected chi connectivity index (χ2v) is 4.82. The van der Waals surface area contributed by atoms with Gasteiger partial charge in [-0.25, -0.2) is 4.79 Å². The lowest BCUT2D eigenvalue weighted by Crippen LogP contribution is -2.37. The Kier molecular flexibility index (Phi) is 4.22. The summed E-state index contributed by atoms with van der Waals surface area (Å²) < 4.78 is 0. The van der Waals surface area contributed by atoms with Crippen molar-refractivity contribution in [1.82, 2.24) is 15.3 Å². The fourth-order valence-corrected chi connectivity index (χ4v) is 1.95. The number of carbonyl (C=O) groups is 1. The number of nitrogen functional groups attached to an aromatic ring is 1. The molecule has 0 bridgehead atoms. The van der Waals surface area contributed by atoms with Crippen molar-refractivity contribution in [2.45, 2.75) is 19.4 Å². The van der Waals surface area contributed by atoms with E-state index in [2.05, 4.69) is 10.3 Å². The van der Waals surface area contributed by atoms with Crippen molar-refractivity contribution in [3.63, 3.8) is 0 Å². The van der Waals surface area contributed by atoms with Crippen molar-refractivity contribution < 1.29 is 4.79 Å². The van der Waals surface area contributed by atoms with Crippen LogP contribution in [-0.4, -0.2) is 21.9 Å². The summed E-state index contributed by atoms with van der Waals surface area (Å²) in [5, 5.41) is 2.72. The molecule has 1 atom stereocenters. The van der Waals surface area contributed by atoms with Gasteiger partial charge in [-0.05, 0) is 31.0 Å². The molecule has 1 aromatic heterocycles. The van der Waals surface area contributed by atoms with Gasteiger partial charge in [-0.2, -0.15) is 0 Å². The van der Waals surface area contributed by atoms with Crippen LogP contribution in [0.2, 0.25) is 0 Å². The Labute approximate surface area is 120 Å². The normalized spacial score (nSPS) is 11.9. The molecule has 0 aliphatic rings. The van der Waals surface area contributed by atoms with Crippen molar-refractivity contribution in [3.05, 3.63) is 62.4 Å². The number of benzene rings is 1. The number of nitrogens with two attached hydrogens (primary N) is 1. The standard InChI is InChI=1S/C14H16N4O3/c1-8(6-9-2-4-10(15)5-3-9)16-13(20)11-7-12(19)18-14(21)17-11/h2-5,7-8H,6,15H2,1H3,(H,16,20)(H2,17,18,19,21). The SMILES string of the molecule is CC(Cc1ccc(N)cc1)NC(=O)c1cc(=O)[nH]c(=O)[nH]1. The Balaban J connectivity index is 2.03. The van der Waals surface area contributed by atoms with Crippen LogP contribution in [0.25, 0.3) is 0 Å². The number of H-pyrrole nitrogens is 2. The molecule has 2 rings (SSSR count). The molecule has 7 heteroatoms. The first-order chi connectivity index (χ1) is 9.94. The van der Waals surface area contributed by atoms with E-state index in [-0.39, 0.29) is 11.7 Å². The van der Waals surface area contributed by atoms with Crippen molar-refractivity contribution in [2.24, 2.45) is 0 Å². The van der Waals surface area contributed by atoms with Crippen molar-refractivity contribution in [1.29, 1.82) is 0 Å². The fourth-order valence-electron chi connectivity index (χ4n) is 1.95. The maximum atomic E-state index is 11.9. The number of aromatic amines is 2. The monoisotopic (exact) mass is 288 g/mol. The Morgan fingerprint density at radius 2 is 1.90 bits per heavy atom. The van der Waals surface area contributed by atoms with Crippen molar-refractivity contribution in [3.8, 4) is 0 Å². The van der Waals surface area contributed by atoms with Gasteiger partial charge in [0, 0.05) is 17.8 Å². The molecule has 1 aromatic carbocycles. The number of hydrogen-bond acceptors (Lipinski definition) is 4. The van der Waals surface area contributed by atoms with E-state index in [0.29, 0.717) is 12.1 Å². The second kappa shape index (κ2) is 6.08. The molecule has 1 unspecified atom stereocenters. The van der Waals surface area contributed by atoms with Gasteiger partial charge in [0.2, 0.25) is 0 Å². The van der Waals surface area contributed by atoms with Crippen LogP contribution in [0.1, 0.15) is 23.0 Å². The number of amides is 1. The van der Waals surface area contributed by atoms with Gasteiger partial charge >= 0.3 is 5.69 Å². The molecule has 0 fully saturated rings. The van der Waals surface area contributed by atoms with Gasteiger partial charge in [-0.15, -0.1) is 0 Å². The molecule has 0 spiro atoms. The Morgan fingerprint density at radius 1 is 1.24 bits per heavy atom. The van der Waals surface area contributed by atoms with Gasteiger partial charge in [0.25, 0.3) is 11.5 Å². The van der Waals surface area contributed by atoms with Gasteiger partial charge < -0.3 is 16.0 Å². The first kappa shape index (κ1) is 14.6. The van der Waals surface area contributed by atoms with Gasteiger partial charge in [-0.1, -0.05) is 12.1 Å². The molecule has 0 aliphatic heterocycles. The molecule has 0 aliphatic carbocycles. The summed E-state index contributed by atoms with van der Waals surface area (Å²) in [4.78, 5) is 38.5. The Bertz CT molecular complexity index is 718. The van der Waals surface area contributed by atoms with E-state index in [1.54, 1.807) is 12.1 Å². The van der Waals surface area contributed by atoms with Crippen LogP contribution >= 0.6 is 0 Å². The first-order valence-corrected chi connectivity index (χ1v) is 6.43. The van der Waals surface area contributed by atoms with Crippen LogP contribution in [0.3, 0.4) is 0 Å². The van der Waals surface area contributed by atoms with Gasteiger partial charge in [0.15, 0.2) is 0 Å². The molecule has 1 amide bonds. The van der Waals surface area contributed by atoms with Gasteiger partial charge in [-0.3, -0.25) is 14.6 Å². The minimum atomic E-state index is -0.709. The zero-order chi connectivity index (χ0) is 15.4. The molecule has 2 aromatic rings. The molecular formula is C14H16N4O3. The first-order valence-electron chi connectivity index (χ1n) is 6.43. The predicted molar refractivity (Wildman–Crippen MR) is 79.2 cm³/mol. The lowest BCUT2D eigenvalue weighted by Gasteiger charge is -2.13. The number of carbonyl (C=O) groups excluding carboxylic acids is 1. The molecular weight excluding hydrogens is 272 g/mol. The zero-order valence-corrected chi connectivity index (χ0v) is 11.5. The molecule has 0 radical (unpaired) electrons. The van der Waals surface area contributed by atoms with E-state index >= 15 is 0 Å². The highest BCUT2D eigenvalue weighted by molar-refractivity contribution is 5.92.